The monoisotopic (exact) mass is 255 g/mol. The second-order valence-electron chi connectivity index (χ2n) is 4.85. The van der Waals surface area contributed by atoms with Crippen LogP contribution in [0.3, 0.4) is 0 Å². The van der Waals surface area contributed by atoms with Gasteiger partial charge in [-0.2, -0.15) is 0 Å². The lowest BCUT2D eigenvalue weighted by Crippen LogP contribution is -2.20. The molecule has 0 aromatic carbocycles. The highest BCUT2D eigenvalue weighted by Crippen LogP contribution is 2.34. The maximum Gasteiger partial charge on any atom is 0.168 e. The van der Waals surface area contributed by atoms with E-state index in [2.05, 4.69) is 15.6 Å². The quantitative estimate of drug-likeness (QED) is 0.818. The largest absolute Gasteiger partial charge is 0.368 e. The molecule has 0 spiro atoms. The molecule has 1 aromatic rings. The molecule has 0 amide bonds. The van der Waals surface area contributed by atoms with Gasteiger partial charge < -0.3 is 10.6 Å². The minimum Gasteiger partial charge on any atom is -0.368 e. The van der Waals surface area contributed by atoms with E-state index in [0.717, 1.165) is 25.3 Å². The van der Waals surface area contributed by atoms with Crippen molar-refractivity contribution < 1.29 is 8.78 Å². The summed E-state index contributed by atoms with van der Waals surface area (Å²) >= 11 is 0. The molecule has 5 heteroatoms. The molecule has 0 radical (unpaired) electrons. The molecule has 18 heavy (non-hydrogen) atoms. The van der Waals surface area contributed by atoms with E-state index in [0.29, 0.717) is 12.5 Å². The average molecular weight is 255 g/mol. The zero-order valence-corrected chi connectivity index (χ0v) is 10.8. The molecule has 100 valence electrons. The Morgan fingerprint density at radius 3 is 2.61 bits per heavy atom. The van der Waals surface area contributed by atoms with Crippen molar-refractivity contribution in [3.63, 3.8) is 0 Å². The van der Waals surface area contributed by atoms with Crippen molar-refractivity contribution in [2.24, 2.45) is 5.92 Å². The van der Waals surface area contributed by atoms with Crippen LogP contribution in [0.4, 0.5) is 20.4 Å². The summed E-state index contributed by atoms with van der Waals surface area (Å²) in [5, 5.41) is 5.88. The second kappa shape index (κ2) is 5.50. The van der Waals surface area contributed by atoms with E-state index in [4.69, 9.17) is 0 Å². The van der Waals surface area contributed by atoms with E-state index in [1.807, 2.05) is 13.8 Å². The topological polar surface area (TPSA) is 37.0 Å². The number of hydrogen-bond donors (Lipinski definition) is 2. The number of aromatic nitrogens is 1. The van der Waals surface area contributed by atoms with Gasteiger partial charge in [-0.15, -0.1) is 0 Å². The molecular weight excluding hydrogens is 236 g/mol. The third-order valence-corrected chi connectivity index (χ3v) is 3.17. The molecule has 1 aromatic heterocycles. The van der Waals surface area contributed by atoms with Gasteiger partial charge in [-0.05, 0) is 32.1 Å². The third-order valence-electron chi connectivity index (χ3n) is 3.17. The summed E-state index contributed by atoms with van der Waals surface area (Å²) in [7, 11) is 0. The van der Waals surface area contributed by atoms with Crippen LogP contribution >= 0.6 is 0 Å². The smallest absolute Gasteiger partial charge is 0.168 e. The molecular formula is C13H19F2N3. The van der Waals surface area contributed by atoms with E-state index in [1.165, 1.54) is 0 Å². The van der Waals surface area contributed by atoms with E-state index < -0.39 is 11.6 Å². The molecule has 1 atom stereocenters. The van der Waals surface area contributed by atoms with Crippen molar-refractivity contribution in [3.8, 4) is 0 Å². The fourth-order valence-corrected chi connectivity index (χ4v) is 1.86. The SMILES string of the molecule is CCCNc1nc(NC(C)C2CC2)c(F)cc1F. The van der Waals surface area contributed by atoms with Crippen molar-refractivity contribution in [1.82, 2.24) is 4.98 Å². The summed E-state index contributed by atoms with van der Waals surface area (Å²) in [5.74, 6) is -0.450. The molecule has 1 fully saturated rings. The minimum atomic E-state index is -0.648. The molecule has 1 heterocycles. The summed E-state index contributed by atoms with van der Waals surface area (Å²) in [6.45, 7) is 4.59. The Balaban J connectivity index is 2.12. The Bertz CT molecular complexity index is 419. The number of halogens is 2. The van der Waals surface area contributed by atoms with Gasteiger partial charge in [-0.25, -0.2) is 13.8 Å². The number of hydrogen-bond acceptors (Lipinski definition) is 3. The Morgan fingerprint density at radius 1 is 1.33 bits per heavy atom. The summed E-state index contributed by atoms with van der Waals surface area (Å²) in [5.41, 5.74) is 0. The molecule has 0 saturated heterocycles. The van der Waals surface area contributed by atoms with Crippen molar-refractivity contribution >= 4 is 11.6 Å². The minimum absolute atomic E-state index is 0.115. The molecule has 1 aliphatic rings. The van der Waals surface area contributed by atoms with Crippen molar-refractivity contribution in [2.45, 2.75) is 39.2 Å². The number of nitrogens with one attached hydrogen (secondary N) is 2. The van der Waals surface area contributed by atoms with Gasteiger partial charge in [-0.3, -0.25) is 0 Å². The predicted molar refractivity (Wildman–Crippen MR) is 68.7 cm³/mol. The van der Waals surface area contributed by atoms with Crippen LogP contribution in [0.5, 0.6) is 0 Å². The zero-order valence-electron chi connectivity index (χ0n) is 10.8. The highest BCUT2D eigenvalue weighted by molar-refractivity contribution is 5.48. The van der Waals surface area contributed by atoms with Gasteiger partial charge in [0.1, 0.15) is 0 Å². The molecule has 3 nitrogen and oxygen atoms in total. The van der Waals surface area contributed by atoms with Gasteiger partial charge in [0.05, 0.1) is 0 Å². The van der Waals surface area contributed by atoms with Crippen LogP contribution in [0.15, 0.2) is 6.07 Å². The first-order chi connectivity index (χ1) is 8.61. The van der Waals surface area contributed by atoms with Gasteiger partial charge >= 0.3 is 0 Å². The van der Waals surface area contributed by atoms with Crippen molar-refractivity contribution in [3.05, 3.63) is 17.7 Å². The lowest BCUT2D eigenvalue weighted by molar-refractivity contribution is 0.572. The molecule has 1 saturated carbocycles. The van der Waals surface area contributed by atoms with Gasteiger partial charge in [0.2, 0.25) is 0 Å². The van der Waals surface area contributed by atoms with Gasteiger partial charge in [0.15, 0.2) is 23.3 Å². The lowest BCUT2D eigenvalue weighted by atomic mass is 10.2. The van der Waals surface area contributed by atoms with Gasteiger partial charge in [-0.1, -0.05) is 6.92 Å². The molecule has 2 N–H and O–H groups in total. The summed E-state index contributed by atoms with van der Waals surface area (Å²) in [4.78, 5) is 3.99. The van der Waals surface area contributed by atoms with Crippen LogP contribution in [0.2, 0.25) is 0 Å². The summed E-state index contributed by atoms with van der Waals surface area (Å²) < 4.78 is 27.1. The molecule has 1 unspecified atom stereocenters. The van der Waals surface area contributed by atoms with Crippen molar-refractivity contribution in [2.75, 3.05) is 17.2 Å². The predicted octanol–water partition coefficient (Wildman–Crippen LogP) is 3.39. The summed E-state index contributed by atoms with van der Waals surface area (Å²) in [6, 6.07) is 1.06. The van der Waals surface area contributed by atoms with Crippen LogP contribution < -0.4 is 10.6 Å². The van der Waals surface area contributed by atoms with Crippen LogP contribution in [0.1, 0.15) is 33.1 Å². The molecule has 0 bridgehead atoms. The average Bonchev–Trinajstić information content (AvgIpc) is 3.15. The molecule has 1 aliphatic carbocycles. The number of rotatable bonds is 6. The van der Waals surface area contributed by atoms with Crippen LogP contribution in [0.25, 0.3) is 0 Å². The Labute approximate surface area is 106 Å². The maximum atomic E-state index is 13.6. The number of pyridine rings is 1. The fourth-order valence-electron chi connectivity index (χ4n) is 1.86. The highest BCUT2D eigenvalue weighted by Gasteiger charge is 2.28. The Morgan fingerprint density at radius 2 is 2.00 bits per heavy atom. The highest BCUT2D eigenvalue weighted by atomic mass is 19.1. The van der Waals surface area contributed by atoms with Crippen molar-refractivity contribution in [1.29, 1.82) is 0 Å². The summed E-state index contributed by atoms with van der Waals surface area (Å²) in [6.07, 6.45) is 3.19. The standard InChI is InChI=1S/C13H19F2N3/c1-3-6-16-12-10(14)7-11(15)13(18-12)17-8(2)9-4-5-9/h7-9H,3-6H2,1-2H3,(H2,16,17,18). The zero-order chi connectivity index (χ0) is 13.1. The first-order valence-electron chi connectivity index (χ1n) is 6.48. The number of nitrogens with zero attached hydrogens (tertiary/aromatic N) is 1. The molecule has 0 aliphatic heterocycles. The van der Waals surface area contributed by atoms with E-state index in [9.17, 15) is 8.78 Å². The van der Waals surface area contributed by atoms with Crippen LogP contribution in [-0.4, -0.2) is 17.6 Å². The second-order valence-corrected chi connectivity index (χ2v) is 4.85. The Kier molecular flexibility index (Phi) is 3.99. The fraction of sp³-hybridized carbons (Fsp3) is 0.615. The van der Waals surface area contributed by atoms with E-state index in [1.54, 1.807) is 0 Å². The first kappa shape index (κ1) is 13.1. The Hall–Kier alpha value is -1.39. The lowest BCUT2D eigenvalue weighted by Gasteiger charge is -2.15. The van der Waals surface area contributed by atoms with Gasteiger partial charge in [0, 0.05) is 18.7 Å². The maximum absolute atomic E-state index is 13.6. The van der Waals surface area contributed by atoms with Gasteiger partial charge in [0.25, 0.3) is 0 Å². The van der Waals surface area contributed by atoms with E-state index >= 15 is 0 Å². The van der Waals surface area contributed by atoms with Crippen LogP contribution in [0, 0.1) is 17.6 Å². The third kappa shape index (κ3) is 3.09. The normalized spacial score (nSPS) is 16.4. The first-order valence-corrected chi connectivity index (χ1v) is 6.48. The van der Waals surface area contributed by atoms with Crippen LogP contribution in [-0.2, 0) is 0 Å². The molecule has 2 rings (SSSR count). The number of anilines is 2. The van der Waals surface area contributed by atoms with E-state index in [-0.39, 0.29) is 17.7 Å².